The van der Waals surface area contributed by atoms with Crippen LogP contribution in [-0.2, 0) is 5.75 Å². The van der Waals surface area contributed by atoms with Crippen LogP contribution in [0.5, 0.6) is 0 Å². The Morgan fingerprint density at radius 3 is 2.91 bits per heavy atom. The molecule has 2 aromatic heterocycles. The molecule has 2 heterocycles. The highest BCUT2D eigenvalue weighted by Gasteiger charge is 2.07. The summed E-state index contributed by atoms with van der Waals surface area (Å²) in [6.07, 6.45) is 1.84. The average Bonchev–Trinajstić information content (AvgIpc) is 2.99. The highest BCUT2D eigenvalue weighted by atomic mass is 32.2. The minimum Gasteiger partial charge on any atom is -0.360 e. The predicted molar refractivity (Wildman–Crippen MR) is 94.5 cm³/mol. The summed E-state index contributed by atoms with van der Waals surface area (Å²) in [5.41, 5.74) is 2.30. The van der Waals surface area contributed by atoms with Gasteiger partial charge in [-0.15, -0.1) is 10.2 Å². The van der Waals surface area contributed by atoms with Crippen molar-refractivity contribution in [2.45, 2.75) is 23.9 Å². The molecule has 0 amide bonds. The standard InChI is InChI=1S/C16H18N4S2/c1-11(2)9-18-15-19-20-16(22-15)21-10-13-6-3-5-12-7-4-8-17-14(12)13/h3-8,11H,9-10H2,1-2H3,(H,18,19). The van der Waals surface area contributed by atoms with Crippen molar-refractivity contribution in [3.8, 4) is 0 Å². The number of hydrogen-bond donors (Lipinski definition) is 1. The van der Waals surface area contributed by atoms with Crippen LogP contribution in [0.15, 0.2) is 40.9 Å². The third-order valence-corrected chi connectivity index (χ3v) is 5.20. The molecule has 0 fully saturated rings. The van der Waals surface area contributed by atoms with E-state index in [0.717, 1.165) is 27.3 Å². The Morgan fingerprint density at radius 1 is 1.18 bits per heavy atom. The van der Waals surface area contributed by atoms with Crippen LogP contribution in [0.1, 0.15) is 19.4 Å². The molecule has 0 unspecified atom stereocenters. The van der Waals surface area contributed by atoms with E-state index >= 15 is 0 Å². The number of rotatable bonds is 6. The Hall–Kier alpha value is -1.66. The number of fused-ring (bicyclic) bond motifs is 1. The number of nitrogens with one attached hydrogen (secondary N) is 1. The summed E-state index contributed by atoms with van der Waals surface area (Å²) in [4.78, 5) is 4.49. The van der Waals surface area contributed by atoms with E-state index in [9.17, 15) is 0 Å². The monoisotopic (exact) mass is 330 g/mol. The number of hydrogen-bond acceptors (Lipinski definition) is 6. The molecule has 0 radical (unpaired) electrons. The van der Waals surface area contributed by atoms with E-state index in [-0.39, 0.29) is 0 Å². The first-order chi connectivity index (χ1) is 10.7. The largest absolute Gasteiger partial charge is 0.360 e. The topological polar surface area (TPSA) is 50.7 Å². The van der Waals surface area contributed by atoms with Crippen molar-refractivity contribution < 1.29 is 0 Å². The number of para-hydroxylation sites is 1. The maximum Gasteiger partial charge on any atom is 0.206 e. The first-order valence-corrected chi connectivity index (χ1v) is 9.05. The number of aromatic nitrogens is 3. The van der Waals surface area contributed by atoms with Gasteiger partial charge >= 0.3 is 0 Å². The second-order valence-corrected chi connectivity index (χ2v) is 7.63. The van der Waals surface area contributed by atoms with Crippen molar-refractivity contribution in [3.05, 3.63) is 42.1 Å². The lowest BCUT2D eigenvalue weighted by Crippen LogP contribution is -2.07. The van der Waals surface area contributed by atoms with Crippen LogP contribution in [0, 0.1) is 5.92 Å². The molecule has 114 valence electrons. The zero-order valence-corrected chi connectivity index (χ0v) is 14.2. The van der Waals surface area contributed by atoms with Gasteiger partial charge in [0.15, 0.2) is 4.34 Å². The molecule has 3 aromatic rings. The van der Waals surface area contributed by atoms with Crippen molar-refractivity contribution in [1.82, 2.24) is 15.2 Å². The van der Waals surface area contributed by atoms with E-state index in [0.29, 0.717) is 5.92 Å². The maximum absolute atomic E-state index is 4.49. The van der Waals surface area contributed by atoms with Crippen LogP contribution in [0.3, 0.4) is 0 Å². The molecular formula is C16H18N4S2. The number of anilines is 1. The maximum atomic E-state index is 4.49. The van der Waals surface area contributed by atoms with Gasteiger partial charge < -0.3 is 5.32 Å². The fourth-order valence-corrected chi connectivity index (χ4v) is 3.80. The summed E-state index contributed by atoms with van der Waals surface area (Å²) >= 11 is 3.32. The number of thioether (sulfide) groups is 1. The summed E-state index contributed by atoms with van der Waals surface area (Å²) in [6, 6.07) is 10.4. The van der Waals surface area contributed by atoms with Crippen molar-refractivity contribution >= 4 is 39.1 Å². The van der Waals surface area contributed by atoms with E-state index in [1.54, 1.807) is 23.1 Å². The van der Waals surface area contributed by atoms with E-state index in [4.69, 9.17) is 0 Å². The van der Waals surface area contributed by atoms with E-state index in [2.05, 4.69) is 58.6 Å². The number of pyridine rings is 1. The molecule has 0 aliphatic heterocycles. The van der Waals surface area contributed by atoms with Crippen molar-refractivity contribution in [1.29, 1.82) is 0 Å². The molecule has 0 saturated carbocycles. The van der Waals surface area contributed by atoms with Crippen LogP contribution >= 0.6 is 23.1 Å². The van der Waals surface area contributed by atoms with Gasteiger partial charge in [-0.05, 0) is 17.5 Å². The van der Waals surface area contributed by atoms with Gasteiger partial charge in [0.05, 0.1) is 5.52 Å². The van der Waals surface area contributed by atoms with E-state index in [1.165, 1.54) is 10.9 Å². The Morgan fingerprint density at radius 2 is 2.05 bits per heavy atom. The second-order valence-electron chi connectivity index (χ2n) is 5.43. The molecule has 0 bridgehead atoms. The van der Waals surface area contributed by atoms with Crippen molar-refractivity contribution in [2.24, 2.45) is 5.92 Å². The van der Waals surface area contributed by atoms with Crippen LogP contribution < -0.4 is 5.32 Å². The summed E-state index contributed by atoms with van der Waals surface area (Å²) in [5, 5.41) is 13.8. The molecule has 3 rings (SSSR count). The normalized spacial score (nSPS) is 11.2. The molecule has 0 aliphatic rings. The third kappa shape index (κ3) is 3.75. The number of benzene rings is 1. The Labute approximate surface area is 138 Å². The summed E-state index contributed by atoms with van der Waals surface area (Å²) < 4.78 is 0.985. The molecule has 0 spiro atoms. The second kappa shape index (κ2) is 7.07. The van der Waals surface area contributed by atoms with Crippen molar-refractivity contribution in [3.63, 3.8) is 0 Å². The molecule has 0 aliphatic carbocycles. The Balaban J connectivity index is 1.67. The molecule has 0 saturated heterocycles. The summed E-state index contributed by atoms with van der Waals surface area (Å²) in [6.45, 7) is 5.28. The van der Waals surface area contributed by atoms with Crippen LogP contribution in [0.4, 0.5) is 5.13 Å². The molecule has 1 N–H and O–H groups in total. The SMILES string of the molecule is CC(C)CNc1nnc(SCc2cccc3cccnc23)s1. The van der Waals surface area contributed by atoms with Gasteiger partial charge in [-0.25, -0.2) is 0 Å². The first-order valence-electron chi connectivity index (χ1n) is 7.25. The average molecular weight is 330 g/mol. The third-order valence-electron chi connectivity index (χ3n) is 3.14. The van der Waals surface area contributed by atoms with Gasteiger partial charge in [0, 0.05) is 23.9 Å². The zero-order valence-electron chi connectivity index (χ0n) is 12.6. The minimum absolute atomic E-state index is 0.599. The van der Waals surface area contributed by atoms with Gasteiger partial charge in [0.1, 0.15) is 0 Å². The van der Waals surface area contributed by atoms with Gasteiger partial charge in [-0.2, -0.15) is 0 Å². The molecule has 22 heavy (non-hydrogen) atoms. The molecule has 1 aromatic carbocycles. The molecular weight excluding hydrogens is 312 g/mol. The highest BCUT2D eigenvalue weighted by molar-refractivity contribution is 8.00. The Kier molecular flexibility index (Phi) is 4.90. The lowest BCUT2D eigenvalue weighted by Gasteiger charge is -2.04. The lowest BCUT2D eigenvalue weighted by molar-refractivity contribution is 0.687. The predicted octanol–water partition coefficient (Wildman–Crippen LogP) is 4.45. The fraction of sp³-hybridized carbons (Fsp3) is 0.312. The van der Waals surface area contributed by atoms with Crippen molar-refractivity contribution in [2.75, 3.05) is 11.9 Å². The first kappa shape index (κ1) is 15.2. The summed E-state index contributed by atoms with van der Waals surface area (Å²) in [5.74, 6) is 1.45. The van der Waals surface area contributed by atoms with Crippen LogP contribution in [0.2, 0.25) is 0 Å². The van der Waals surface area contributed by atoms with Gasteiger partial charge in [0.2, 0.25) is 5.13 Å². The highest BCUT2D eigenvalue weighted by Crippen LogP contribution is 2.30. The quantitative estimate of drug-likeness (QED) is 0.677. The van der Waals surface area contributed by atoms with E-state index < -0.39 is 0 Å². The number of nitrogens with zero attached hydrogens (tertiary/aromatic N) is 3. The molecule has 0 atom stereocenters. The fourth-order valence-electron chi connectivity index (χ4n) is 2.05. The van der Waals surface area contributed by atoms with Gasteiger partial charge in [-0.3, -0.25) is 4.98 Å². The lowest BCUT2D eigenvalue weighted by atomic mass is 10.1. The zero-order chi connectivity index (χ0) is 15.4. The van der Waals surface area contributed by atoms with E-state index in [1.807, 2.05) is 12.3 Å². The van der Waals surface area contributed by atoms with Gasteiger partial charge in [0.25, 0.3) is 0 Å². The molecule has 4 nitrogen and oxygen atoms in total. The van der Waals surface area contributed by atoms with Gasteiger partial charge in [-0.1, -0.05) is 61.2 Å². The smallest absolute Gasteiger partial charge is 0.206 e. The van der Waals surface area contributed by atoms with Crippen LogP contribution in [0.25, 0.3) is 10.9 Å². The molecule has 6 heteroatoms. The Bertz CT molecular complexity index is 749. The summed E-state index contributed by atoms with van der Waals surface area (Å²) in [7, 11) is 0. The minimum atomic E-state index is 0.599. The van der Waals surface area contributed by atoms with Crippen LogP contribution in [-0.4, -0.2) is 21.7 Å².